The Kier molecular flexibility index (Phi) is 5.82. The largest absolute Gasteiger partial charge is 0.494 e. The number of hydrogen-bond donors (Lipinski definition) is 1. The smallest absolute Gasteiger partial charge is 0.332 e. The summed E-state index contributed by atoms with van der Waals surface area (Å²) >= 11 is 5.98. The second-order valence-electron chi connectivity index (χ2n) is 8.07. The summed E-state index contributed by atoms with van der Waals surface area (Å²) in [6.07, 6.45) is -0.827. The molecule has 34 heavy (non-hydrogen) atoms. The molecule has 0 fully saturated rings. The number of benzene rings is 1. The van der Waals surface area contributed by atoms with Crippen LogP contribution in [0.25, 0.3) is 16.9 Å². The Morgan fingerprint density at radius 3 is 2.38 bits per heavy atom. The number of rotatable bonds is 5. The summed E-state index contributed by atoms with van der Waals surface area (Å²) in [7, 11) is 2.74. The van der Waals surface area contributed by atoms with Crippen LogP contribution >= 0.6 is 11.6 Å². The Bertz CT molecular complexity index is 1630. The molecule has 11 nitrogen and oxygen atoms in total. The Balaban J connectivity index is 2.10. The van der Waals surface area contributed by atoms with Gasteiger partial charge in [-0.3, -0.25) is 28.1 Å². The predicted octanol–water partition coefficient (Wildman–Crippen LogP) is 0.948. The van der Waals surface area contributed by atoms with Gasteiger partial charge in [0.05, 0.1) is 12.1 Å². The average molecular weight is 488 g/mol. The van der Waals surface area contributed by atoms with Crippen molar-refractivity contribution < 1.29 is 14.6 Å². The first-order chi connectivity index (χ1) is 16.0. The van der Waals surface area contributed by atoms with Gasteiger partial charge in [-0.1, -0.05) is 23.7 Å². The third kappa shape index (κ3) is 3.77. The lowest BCUT2D eigenvalue weighted by atomic mass is 10.1. The number of carbonyl (C=O) groups is 1. The van der Waals surface area contributed by atoms with Crippen molar-refractivity contribution in [3.8, 4) is 5.88 Å². The number of nitrogens with zero attached hydrogens (tertiary/aromatic N) is 5. The first kappa shape index (κ1) is 23.3. The standard InChI is InChI=1S/C22H22ClN5O6/c1-11(34-12(2)29)9-15-18(30)27(10-13-5-7-14(23)8-6-13)21-24-17-16(28(21)19(15)31)20(32)26(4)22(33)25(17)3/h5-8,11,30H,9-10H2,1-4H3. The number of hydrogen-bond acceptors (Lipinski definition) is 7. The maximum atomic E-state index is 13.5. The fourth-order valence-corrected chi connectivity index (χ4v) is 4.08. The summed E-state index contributed by atoms with van der Waals surface area (Å²) in [4.78, 5) is 54.7. The molecular formula is C22H22ClN5O6. The average Bonchev–Trinajstić information content (AvgIpc) is 3.18. The molecule has 4 aromatic rings. The SMILES string of the molecule is CC(=O)OC(C)Cc1c(O)n(Cc2ccc(Cl)cc2)c2nc3c(c(=O)n(C)c(=O)n3C)n2c1=O. The second kappa shape index (κ2) is 8.49. The van der Waals surface area contributed by atoms with Crippen LogP contribution in [0.2, 0.25) is 5.02 Å². The molecule has 0 aliphatic carbocycles. The van der Waals surface area contributed by atoms with E-state index in [1.54, 1.807) is 31.2 Å². The molecule has 0 amide bonds. The normalized spacial score (nSPS) is 12.4. The zero-order valence-corrected chi connectivity index (χ0v) is 19.7. The van der Waals surface area contributed by atoms with E-state index >= 15 is 0 Å². The van der Waals surface area contributed by atoms with Crippen molar-refractivity contribution in [3.05, 3.63) is 71.6 Å². The van der Waals surface area contributed by atoms with Gasteiger partial charge < -0.3 is 9.84 Å². The summed E-state index contributed by atoms with van der Waals surface area (Å²) in [5, 5.41) is 11.7. The monoisotopic (exact) mass is 487 g/mol. The van der Waals surface area contributed by atoms with E-state index in [-0.39, 0.29) is 41.4 Å². The van der Waals surface area contributed by atoms with Crippen LogP contribution in [0.3, 0.4) is 0 Å². The molecule has 3 aromatic heterocycles. The van der Waals surface area contributed by atoms with Crippen molar-refractivity contribution in [2.24, 2.45) is 14.1 Å². The molecule has 1 unspecified atom stereocenters. The maximum Gasteiger partial charge on any atom is 0.332 e. The molecule has 0 saturated carbocycles. The number of aromatic hydroxyl groups is 1. The summed E-state index contributed by atoms with van der Waals surface area (Å²) in [5.74, 6) is -0.940. The molecule has 12 heteroatoms. The topological polar surface area (TPSA) is 130 Å². The summed E-state index contributed by atoms with van der Waals surface area (Å²) in [5.41, 5.74) is -1.44. The second-order valence-corrected chi connectivity index (χ2v) is 8.51. The molecule has 1 N–H and O–H groups in total. The Morgan fingerprint density at radius 2 is 1.76 bits per heavy atom. The van der Waals surface area contributed by atoms with Crippen LogP contribution in [-0.2, 0) is 36.6 Å². The van der Waals surface area contributed by atoms with Crippen LogP contribution in [0.5, 0.6) is 5.88 Å². The summed E-state index contributed by atoms with van der Waals surface area (Å²) in [6.45, 7) is 2.91. The van der Waals surface area contributed by atoms with Crippen LogP contribution in [0.1, 0.15) is 25.0 Å². The predicted molar refractivity (Wildman–Crippen MR) is 125 cm³/mol. The minimum atomic E-state index is -0.723. The van der Waals surface area contributed by atoms with Gasteiger partial charge in [-0.05, 0) is 24.6 Å². The molecule has 0 radical (unpaired) electrons. The van der Waals surface area contributed by atoms with Crippen molar-refractivity contribution in [2.75, 3.05) is 0 Å². The third-order valence-electron chi connectivity index (χ3n) is 5.58. The van der Waals surface area contributed by atoms with Crippen LogP contribution in [0.15, 0.2) is 38.6 Å². The van der Waals surface area contributed by atoms with Crippen LogP contribution < -0.4 is 16.8 Å². The van der Waals surface area contributed by atoms with E-state index in [4.69, 9.17) is 16.3 Å². The highest BCUT2D eigenvalue weighted by molar-refractivity contribution is 6.30. The van der Waals surface area contributed by atoms with E-state index in [1.165, 1.54) is 25.6 Å². The van der Waals surface area contributed by atoms with Gasteiger partial charge in [0.1, 0.15) is 6.10 Å². The highest BCUT2D eigenvalue weighted by Crippen LogP contribution is 2.23. The molecular weight excluding hydrogens is 466 g/mol. The lowest BCUT2D eigenvalue weighted by molar-refractivity contribution is -0.145. The van der Waals surface area contributed by atoms with E-state index in [1.807, 2.05) is 0 Å². The molecule has 1 aromatic carbocycles. The van der Waals surface area contributed by atoms with Gasteiger partial charge in [0.15, 0.2) is 11.2 Å². The third-order valence-corrected chi connectivity index (χ3v) is 5.83. The van der Waals surface area contributed by atoms with Crippen molar-refractivity contribution in [3.63, 3.8) is 0 Å². The van der Waals surface area contributed by atoms with Crippen LogP contribution in [0.4, 0.5) is 0 Å². The molecule has 0 saturated heterocycles. The van der Waals surface area contributed by atoms with Gasteiger partial charge in [0.2, 0.25) is 11.7 Å². The fraction of sp³-hybridized carbons (Fsp3) is 0.318. The minimum Gasteiger partial charge on any atom is -0.494 e. The number of carbonyl (C=O) groups excluding carboxylic acids is 1. The van der Waals surface area contributed by atoms with E-state index < -0.39 is 28.9 Å². The maximum absolute atomic E-state index is 13.5. The van der Waals surface area contributed by atoms with Crippen molar-refractivity contribution in [1.29, 1.82) is 0 Å². The van der Waals surface area contributed by atoms with Crippen molar-refractivity contribution in [1.82, 2.24) is 23.1 Å². The number of esters is 1. The van der Waals surface area contributed by atoms with Gasteiger partial charge in [-0.25, -0.2) is 9.20 Å². The number of imidazole rings is 1. The molecule has 1 atom stereocenters. The molecule has 0 bridgehead atoms. The first-order valence-corrected chi connectivity index (χ1v) is 10.7. The van der Waals surface area contributed by atoms with Crippen LogP contribution in [0, 0.1) is 0 Å². The zero-order chi connectivity index (χ0) is 24.9. The minimum absolute atomic E-state index is 0.000333. The van der Waals surface area contributed by atoms with Gasteiger partial charge in [-0.15, -0.1) is 0 Å². The van der Waals surface area contributed by atoms with Crippen molar-refractivity contribution in [2.45, 2.75) is 32.9 Å². The molecule has 3 heterocycles. The first-order valence-electron chi connectivity index (χ1n) is 10.4. The number of fused-ring (bicyclic) bond motifs is 3. The number of ether oxygens (including phenoxy) is 1. The quantitative estimate of drug-likeness (QED) is 0.415. The van der Waals surface area contributed by atoms with E-state index in [0.717, 1.165) is 19.1 Å². The Labute approximate surface area is 197 Å². The van der Waals surface area contributed by atoms with E-state index in [0.29, 0.717) is 5.02 Å². The lowest BCUT2D eigenvalue weighted by Gasteiger charge is -2.17. The van der Waals surface area contributed by atoms with Gasteiger partial charge in [-0.2, -0.15) is 4.98 Å². The summed E-state index contributed by atoms with van der Waals surface area (Å²) < 4.78 is 9.64. The highest BCUT2D eigenvalue weighted by atomic mass is 35.5. The van der Waals surface area contributed by atoms with E-state index in [2.05, 4.69) is 4.98 Å². The van der Waals surface area contributed by atoms with Crippen molar-refractivity contribution >= 4 is 34.5 Å². The van der Waals surface area contributed by atoms with Gasteiger partial charge in [0, 0.05) is 32.5 Å². The highest BCUT2D eigenvalue weighted by Gasteiger charge is 2.25. The number of aryl methyl sites for hydroxylation is 1. The van der Waals surface area contributed by atoms with Gasteiger partial charge >= 0.3 is 11.7 Å². The summed E-state index contributed by atoms with van der Waals surface area (Å²) in [6, 6.07) is 6.85. The fourth-order valence-electron chi connectivity index (χ4n) is 3.95. The molecule has 4 rings (SSSR count). The molecule has 0 aliphatic rings. The molecule has 0 spiro atoms. The molecule has 0 aliphatic heterocycles. The lowest BCUT2D eigenvalue weighted by Crippen LogP contribution is -2.38. The van der Waals surface area contributed by atoms with Crippen LogP contribution in [-0.4, -0.2) is 40.3 Å². The number of halogens is 1. The Morgan fingerprint density at radius 1 is 1.12 bits per heavy atom. The van der Waals surface area contributed by atoms with E-state index in [9.17, 15) is 24.3 Å². The number of aromatic nitrogens is 5. The zero-order valence-electron chi connectivity index (χ0n) is 18.9. The van der Waals surface area contributed by atoms with Gasteiger partial charge in [0.25, 0.3) is 11.1 Å². The Hall–Kier alpha value is -3.86. The molecule has 178 valence electrons.